The molecule has 2 saturated carbocycles. The first-order valence-electron chi connectivity index (χ1n) is 6.92. The molecule has 0 spiro atoms. The molecule has 0 aliphatic heterocycles. The molecular weight excluding hydrogens is 200 g/mol. The molecule has 6 unspecified atom stereocenters. The zero-order valence-corrected chi connectivity index (χ0v) is 10.6. The van der Waals surface area contributed by atoms with Crippen molar-refractivity contribution in [2.45, 2.75) is 52.1 Å². The van der Waals surface area contributed by atoms with Crippen molar-refractivity contribution in [1.82, 2.24) is 0 Å². The summed E-state index contributed by atoms with van der Waals surface area (Å²) in [5.41, 5.74) is 0. The number of hydrogen-bond donors (Lipinski definition) is 2. The first-order chi connectivity index (χ1) is 7.63. The summed E-state index contributed by atoms with van der Waals surface area (Å²) in [6, 6.07) is 0. The van der Waals surface area contributed by atoms with Crippen LogP contribution >= 0.6 is 0 Å². The normalized spacial score (nSPS) is 45.4. The van der Waals surface area contributed by atoms with Gasteiger partial charge in [0.25, 0.3) is 0 Å². The van der Waals surface area contributed by atoms with Crippen LogP contribution in [0.3, 0.4) is 0 Å². The summed E-state index contributed by atoms with van der Waals surface area (Å²) < 4.78 is 0. The van der Waals surface area contributed by atoms with Gasteiger partial charge in [-0.15, -0.1) is 0 Å². The van der Waals surface area contributed by atoms with Gasteiger partial charge in [0.1, 0.15) is 0 Å². The van der Waals surface area contributed by atoms with Crippen LogP contribution in [0.4, 0.5) is 0 Å². The zero-order valence-electron chi connectivity index (χ0n) is 10.6. The van der Waals surface area contributed by atoms with Gasteiger partial charge >= 0.3 is 0 Å². The quantitative estimate of drug-likeness (QED) is 0.776. The third kappa shape index (κ3) is 2.28. The highest BCUT2D eigenvalue weighted by molar-refractivity contribution is 4.93. The topological polar surface area (TPSA) is 40.5 Å². The first-order valence-corrected chi connectivity index (χ1v) is 6.92. The Balaban J connectivity index is 2.01. The van der Waals surface area contributed by atoms with Crippen LogP contribution in [0, 0.1) is 29.6 Å². The summed E-state index contributed by atoms with van der Waals surface area (Å²) in [7, 11) is 0. The molecule has 2 aliphatic rings. The van der Waals surface area contributed by atoms with E-state index in [0.717, 1.165) is 24.2 Å². The Labute approximate surface area is 99.1 Å². The fourth-order valence-corrected chi connectivity index (χ4v) is 4.31. The van der Waals surface area contributed by atoms with Crippen LogP contribution in [0.2, 0.25) is 0 Å². The maximum atomic E-state index is 9.83. The molecule has 0 saturated heterocycles. The Morgan fingerprint density at radius 3 is 2.62 bits per heavy atom. The maximum absolute atomic E-state index is 9.83. The number of fused-ring (bicyclic) bond motifs is 1. The Kier molecular flexibility index (Phi) is 3.91. The number of rotatable bonds is 3. The van der Waals surface area contributed by atoms with Crippen molar-refractivity contribution in [3.8, 4) is 0 Å². The summed E-state index contributed by atoms with van der Waals surface area (Å²) in [5.74, 6) is 3.54. The van der Waals surface area contributed by atoms with Crippen LogP contribution in [-0.2, 0) is 0 Å². The van der Waals surface area contributed by atoms with E-state index in [-0.39, 0.29) is 6.10 Å². The molecule has 16 heavy (non-hydrogen) atoms. The van der Waals surface area contributed by atoms with Crippen LogP contribution in [-0.4, -0.2) is 22.9 Å². The second-order valence-corrected chi connectivity index (χ2v) is 6.13. The smallest absolute Gasteiger partial charge is 0.0542 e. The van der Waals surface area contributed by atoms with Crippen molar-refractivity contribution in [3.63, 3.8) is 0 Å². The van der Waals surface area contributed by atoms with E-state index in [1.165, 1.54) is 25.7 Å². The van der Waals surface area contributed by atoms with Gasteiger partial charge in [0.2, 0.25) is 0 Å². The highest BCUT2D eigenvalue weighted by Crippen LogP contribution is 2.51. The van der Waals surface area contributed by atoms with E-state index in [4.69, 9.17) is 5.11 Å². The predicted molar refractivity (Wildman–Crippen MR) is 65.0 cm³/mol. The highest BCUT2D eigenvalue weighted by atomic mass is 16.3. The summed E-state index contributed by atoms with van der Waals surface area (Å²) in [5, 5.41) is 18.9. The Bertz CT molecular complexity index is 221. The summed E-state index contributed by atoms with van der Waals surface area (Å²) in [4.78, 5) is 0. The maximum Gasteiger partial charge on any atom is 0.0542 e. The molecule has 0 aromatic rings. The molecule has 2 nitrogen and oxygen atoms in total. The van der Waals surface area contributed by atoms with E-state index in [0.29, 0.717) is 18.4 Å². The summed E-state index contributed by atoms with van der Waals surface area (Å²) in [6.07, 6.45) is 5.95. The molecule has 94 valence electrons. The fourth-order valence-electron chi connectivity index (χ4n) is 4.31. The minimum absolute atomic E-state index is 0.161. The number of aliphatic hydroxyl groups is 2. The van der Waals surface area contributed by atoms with Gasteiger partial charge in [-0.2, -0.15) is 0 Å². The Hall–Kier alpha value is -0.0800. The molecule has 0 aromatic heterocycles. The van der Waals surface area contributed by atoms with Gasteiger partial charge in [-0.3, -0.25) is 0 Å². The molecule has 2 heteroatoms. The molecule has 0 aromatic carbocycles. The largest absolute Gasteiger partial charge is 0.396 e. The lowest BCUT2D eigenvalue weighted by Gasteiger charge is -2.40. The predicted octanol–water partition coefficient (Wildman–Crippen LogP) is 2.44. The van der Waals surface area contributed by atoms with Gasteiger partial charge in [-0.25, -0.2) is 0 Å². The molecule has 2 N–H and O–H groups in total. The minimum Gasteiger partial charge on any atom is -0.396 e. The van der Waals surface area contributed by atoms with Crippen LogP contribution in [0.25, 0.3) is 0 Å². The summed E-state index contributed by atoms with van der Waals surface area (Å²) in [6.45, 7) is 4.58. The monoisotopic (exact) mass is 226 g/mol. The molecule has 0 amide bonds. The lowest BCUT2D eigenvalue weighted by atomic mass is 9.66. The van der Waals surface area contributed by atoms with Gasteiger partial charge in [0.05, 0.1) is 6.10 Å². The van der Waals surface area contributed by atoms with Crippen molar-refractivity contribution < 1.29 is 10.2 Å². The second-order valence-electron chi connectivity index (χ2n) is 6.13. The van der Waals surface area contributed by atoms with Gasteiger partial charge < -0.3 is 10.2 Å². The van der Waals surface area contributed by atoms with Crippen LogP contribution in [0.1, 0.15) is 46.0 Å². The summed E-state index contributed by atoms with van der Waals surface area (Å²) >= 11 is 0. The van der Waals surface area contributed by atoms with E-state index in [1.54, 1.807) is 0 Å². The Morgan fingerprint density at radius 2 is 2.00 bits per heavy atom. The SMILES string of the molecule is CC(O)C1CC2C(CCO)CCC2CC1C. The number of aliphatic hydroxyl groups excluding tert-OH is 2. The molecule has 2 rings (SSSR count). The molecule has 0 radical (unpaired) electrons. The van der Waals surface area contributed by atoms with Crippen LogP contribution in [0.15, 0.2) is 0 Å². The average molecular weight is 226 g/mol. The van der Waals surface area contributed by atoms with Gasteiger partial charge in [-0.05, 0) is 68.6 Å². The van der Waals surface area contributed by atoms with E-state index >= 15 is 0 Å². The fraction of sp³-hybridized carbons (Fsp3) is 1.00. The standard InChI is InChI=1S/C14H26O2/c1-9-7-12-4-3-11(5-6-15)14(12)8-13(9)10(2)16/h9-16H,3-8H2,1-2H3. The van der Waals surface area contributed by atoms with Gasteiger partial charge in [0, 0.05) is 6.61 Å². The minimum atomic E-state index is -0.161. The second kappa shape index (κ2) is 5.05. The van der Waals surface area contributed by atoms with Crippen molar-refractivity contribution >= 4 is 0 Å². The third-order valence-electron chi connectivity index (χ3n) is 5.19. The van der Waals surface area contributed by atoms with E-state index in [9.17, 15) is 5.11 Å². The Morgan fingerprint density at radius 1 is 1.25 bits per heavy atom. The lowest BCUT2D eigenvalue weighted by Crippen LogP contribution is -2.35. The molecule has 0 bridgehead atoms. The van der Waals surface area contributed by atoms with Crippen molar-refractivity contribution in [2.75, 3.05) is 6.61 Å². The van der Waals surface area contributed by atoms with Crippen molar-refractivity contribution in [1.29, 1.82) is 0 Å². The van der Waals surface area contributed by atoms with Gasteiger partial charge in [-0.1, -0.05) is 6.92 Å². The van der Waals surface area contributed by atoms with Crippen molar-refractivity contribution in [2.24, 2.45) is 29.6 Å². The zero-order chi connectivity index (χ0) is 11.7. The van der Waals surface area contributed by atoms with E-state index in [1.807, 2.05) is 6.92 Å². The lowest BCUT2D eigenvalue weighted by molar-refractivity contribution is 0.0206. The first kappa shape index (κ1) is 12.4. The highest BCUT2D eigenvalue weighted by Gasteiger charge is 2.43. The van der Waals surface area contributed by atoms with Crippen LogP contribution < -0.4 is 0 Å². The number of hydrogen-bond acceptors (Lipinski definition) is 2. The van der Waals surface area contributed by atoms with E-state index in [2.05, 4.69) is 6.92 Å². The van der Waals surface area contributed by atoms with Gasteiger partial charge in [0.15, 0.2) is 0 Å². The molecule has 0 heterocycles. The average Bonchev–Trinajstić information content (AvgIpc) is 2.60. The third-order valence-corrected chi connectivity index (χ3v) is 5.19. The van der Waals surface area contributed by atoms with E-state index < -0.39 is 0 Å². The molecule has 6 atom stereocenters. The molecular formula is C14H26O2. The van der Waals surface area contributed by atoms with Crippen LogP contribution in [0.5, 0.6) is 0 Å². The molecule has 2 fully saturated rings. The molecule has 2 aliphatic carbocycles. The van der Waals surface area contributed by atoms with Crippen molar-refractivity contribution in [3.05, 3.63) is 0 Å².